The Kier molecular flexibility index (Phi) is 5.80. The third-order valence-corrected chi connectivity index (χ3v) is 4.25. The largest absolute Gasteiger partial charge is 0.480 e. The fourth-order valence-electron chi connectivity index (χ4n) is 2.65. The molecule has 2 amide bonds. The maximum Gasteiger partial charge on any atom is 0.326 e. The average molecular weight is 372 g/mol. The molecule has 0 spiro atoms. The van der Waals surface area contributed by atoms with E-state index in [-0.39, 0.29) is 24.4 Å². The Bertz CT molecular complexity index is 730. The summed E-state index contributed by atoms with van der Waals surface area (Å²) in [5.41, 5.74) is 2.33. The molecule has 1 unspecified atom stereocenters. The highest BCUT2D eigenvalue weighted by Gasteiger charge is 2.34. The molecule has 11 heteroatoms. The van der Waals surface area contributed by atoms with Crippen LogP contribution in [0.4, 0.5) is 0 Å². The van der Waals surface area contributed by atoms with Gasteiger partial charge in [-0.05, 0) is 19.3 Å². The Morgan fingerprint density at radius 3 is 2.72 bits per heavy atom. The number of nitrogens with one attached hydrogen (secondary N) is 2. The van der Waals surface area contributed by atoms with E-state index < -0.39 is 27.9 Å². The first-order valence-electron chi connectivity index (χ1n) is 7.60. The van der Waals surface area contributed by atoms with Gasteiger partial charge in [-0.1, -0.05) is 6.08 Å². The van der Waals surface area contributed by atoms with Crippen LogP contribution in [0, 0.1) is 0 Å². The summed E-state index contributed by atoms with van der Waals surface area (Å²) >= 11 is 0. The predicted octanol–water partition coefficient (Wildman–Crippen LogP) is -1.25. The Labute approximate surface area is 145 Å². The smallest absolute Gasteiger partial charge is 0.326 e. The maximum absolute atomic E-state index is 12.3. The minimum Gasteiger partial charge on any atom is -0.480 e. The van der Waals surface area contributed by atoms with Gasteiger partial charge in [-0.15, -0.1) is 4.83 Å². The Hall–Kier alpha value is -2.40. The Balaban J connectivity index is 1.97. The normalized spacial score (nSPS) is 20.4. The van der Waals surface area contributed by atoms with E-state index in [1.165, 1.54) is 16.0 Å². The molecule has 3 N–H and O–H groups in total. The number of likely N-dealkylation sites (tertiary alicyclic amines) is 1. The molecular formula is C14H20N4O6S. The molecule has 1 fully saturated rings. The molecule has 0 radical (unpaired) electrons. The number of carbonyl (C=O) groups excluding carboxylic acids is 2. The number of rotatable bonds is 6. The van der Waals surface area contributed by atoms with Crippen LogP contribution in [-0.2, 0) is 24.4 Å². The topological polar surface area (TPSA) is 136 Å². The monoisotopic (exact) mass is 372 g/mol. The Morgan fingerprint density at radius 1 is 1.36 bits per heavy atom. The van der Waals surface area contributed by atoms with Crippen molar-refractivity contribution in [2.24, 2.45) is 0 Å². The molecule has 0 aromatic carbocycles. The standard InChI is InChI=1S/C14H20N4O6S/c1-25(23,24)16-15-13(20)10-4-2-6-17(8-10)9-12(19)18-7-3-5-11(18)14(21)22/h2,6,8,11,16H,3-5,7,9H2,1H3,(H,15,20)(H,21,22). The van der Waals surface area contributed by atoms with Gasteiger partial charge in [0.05, 0.1) is 6.26 Å². The van der Waals surface area contributed by atoms with E-state index in [9.17, 15) is 22.8 Å². The first-order valence-corrected chi connectivity index (χ1v) is 9.49. The molecule has 0 aliphatic carbocycles. The molecule has 0 saturated carbocycles. The van der Waals surface area contributed by atoms with Crippen molar-refractivity contribution in [1.29, 1.82) is 0 Å². The van der Waals surface area contributed by atoms with Crippen LogP contribution in [0.25, 0.3) is 0 Å². The summed E-state index contributed by atoms with van der Waals surface area (Å²) in [5, 5.41) is 9.14. The number of hydrogen-bond acceptors (Lipinski definition) is 6. The summed E-state index contributed by atoms with van der Waals surface area (Å²) in [7, 11) is -3.57. The molecule has 2 heterocycles. The lowest BCUT2D eigenvalue weighted by atomic mass is 10.1. The number of hydrogen-bond donors (Lipinski definition) is 3. The number of amides is 2. The van der Waals surface area contributed by atoms with Gasteiger partial charge in [0.15, 0.2) is 0 Å². The van der Waals surface area contributed by atoms with E-state index in [1.54, 1.807) is 12.3 Å². The number of allylic oxidation sites excluding steroid dienone is 1. The van der Waals surface area contributed by atoms with Crippen LogP contribution in [-0.4, -0.2) is 66.5 Å². The van der Waals surface area contributed by atoms with Crippen LogP contribution < -0.4 is 10.3 Å². The lowest BCUT2D eigenvalue weighted by Crippen LogP contribution is -2.44. The molecule has 2 rings (SSSR count). The third kappa shape index (κ3) is 5.29. The van der Waals surface area contributed by atoms with E-state index >= 15 is 0 Å². The van der Waals surface area contributed by atoms with Gasteiger partial charge in [-0.3, -0.25) is 15.0 Å². The van der Waals surface area contributed by atoms with Gasteiger partial charge in [0.25, 0.3) is 5.91 Å². The summed E-state index contributed by atoms with van der Waals surface area (Å²) in [6.07, 6.45) is 6.96. The van der Waals surface area contributed by atoms with Crippen LogP contribution in [0.1, 0.15) is 19.3 Å². The highest BCUT2D eigenvalue weighted by Crippen LogP contribution is 2.19. The van der Waals surface area contributed by atoms with Crippen molar-refractivity contribution in [3.8, 4) is 0 Å². The van der Waals surface area contributed by atoms with Gasteiger partial charge in [0, 0.05) is 24.5 Å². The van der Waals surface area contributed by atoms with Gasteiger partial charge < -0.3 is 14.9 Å². The van der Waals surface area contributed by atoms with Gasteiger partial charge in [0.2, 0.25) is 15.9 Å². The van der Waals surface area contributed by atoms with Crippen molar-refractivity contribution in [2.45, 2.75) is 25.3 Å². The number of carbonyl (C=O) groups is 3. The first kappa shape index (κ1) is 18.9. The summed E-state index contributed by atoms with van der Waals surface area (Å²) in [6, 6.07) is -0.813. The summed E-state index contributed by atoms with van der Waals surface area (Å²) < 4.78 is 22.0. The van der Waals surface area contributed by atoms with Crippen LogP contribution >= 0.6 is 0 Å². The van der Waals surface area contributed by atoms with Crippen LogP contribution in [0.2, 0.25) is 0 Å². The van der Waals surface area contributed by atoms with E-state index in [2.05, 4.69) is 5.43 Å². The molecule has 2 aliphatic heterocycles. The molecule has 1 atom stereocenters. The second-order valence-corrected chi connectivity index (χ2v) is 7.58. The quantitative estimate of drug-likeness (QED) is 0.495. The molecule has 138 valence electrons. The molecule has 25 heavy (non-hydrogen) atoms. The second kappa shape index (κ2) is 7.66. The van der Waals surface area contributed by atoms with Crippen LogP contribution in [0.3, 0.4) is 0 Å². The zero-order chi connectivity index (χ0) is 18.6. The fourth-order valence-corrected chi connectivity index (χ4v) is 2.93. The first-order chi connectivity index (χ1) is 11.7. The van der Waals surface area contributed by atoms with Gasteiger partial charge in [-0.25, -0.2) is 13.2 Å². The maximum atomic E-state index is 12.3. The van der Waals surface area contributed by atoms with Gasteiger partial charge in [0.1, 0.15) is 12.6 Å². The van der Waals surface area contributed by atoms with Crippen molar-refractivity contribution in [3.05, 3.63) is 24.0 Å². The number of aliphatic carboxylic acids is 1. The molecule has 0 bridgehead atoms. The van der Waals surface area contributed by atoms with Crippen molar-refractivity contribution < 1.29 is 27.9 Å². The SMILES string of the molecule is CS(=O)(=O)NNC(=O)C1=CN(CC(=O)N2CCCC2C(=O)O)C=CC1. The number of hydrazine groups is 1. The predicted molar refractivity (Wildman–Crippen MR) is 87.0 cm³/mol. The molecule has 1 saturated heterocycles. The lowest BCUT2D eigenvalue weighted by molar-refractivity contribution is -0.148. The highest BCUT2D eigenvalue weighted by molar-refractivity contribution is 7.88. The van der Waals surface area contributed by atoms with Crippen molar-refractivity contribution in [3.63, 3.8) is 0 Å². The van der Waals surface area contributed by atoms with E-state index in [0.29, 0.717) is 19.4 Å². The van der Waals surface area contributed by atoms with E-state index in [1.807, 2.05) is 4.83 Å². The number of nitrogens with zero attached hydrogens (tertiary/aromatic N) is 2. The molecular weight excluding hydrogens is 352 g/mol. The van der Waals surface area contributed by atoms with E-state index in [4.69, 9.17) is 5.11 Å². The number of carboxylic acid groups (broad SMARTS) is 1. The second-order valence-electron chi connectivity index (χ2n) is 5.83. The van der Waals surface area contributed by atoms with Crippen molar-refractivity contribution in [2.75, 3.05) is 19.3 Å². The van der Waals surface area contributed by atoms with Gasteiger partial charge >= 0.3 is 5.97 Å². The molecule has 10 nitrogen and oxygen atoms in total. The third-order valence-electron chi connectivity index (χ3n) is 3.77. The summed E-state index contributed by atoms with van der Waals surface area (Å²) in [4.78, 5) is 40.1. The zero-order valence-electron chi connectivity index (χ0n) is 13.6. The van der Waals surface area contributed by atoms with Crippen molar-refractivity contribution >= 4 is 27.8 Å². The zero-order valence-corrected chi connectivity index (χ0v) is 14.5. The van der Waals surface area contributed by atoms with Crippen LogP contribution in [0.5, 0.6) is 0 Å². The van der Waals surface area contributed by atoms with Crippen molar-refractivity contribution in [1.82, 2.24) is 20.1 Å². The highest BCUT2D eigenvalue weighted by atomic mass is 32.2. The average Bonchev–Trinajstić information content (AvgIpc) is 3.02. The number of carboxylic acids is 1. The minimum atomic E-state index is -3.57. The number of sulfonamides is 1. The lowest BCUT2D eigenvalue weighted by Gasteiger charge is -2.26. The molecule has 0 aromatic rings. The minimum absolute atomic E-state index is 0.101. The Morgan fingerprint density at radius 2 is 2.08 bits per heavy atom. The molecule has 2 aliphatic rings. The summed E-state index contributed by atoms with van der Waals surface area (Å²) in [5.74, 6) is -2.00. The van der Waals surface area contributed by atoms with Crippen LogP contribution in [0.15, 0.2) is 24.0 Å². The van der Waals surface area contributed by atoms with Gasteiger partial charge in [-0.2, -0.15) is 0 Å². The summed E-state index contributed by atoms with van der Waals surface area (Å²) in [6.45, 7) is 0.291. The molecule has 0 aromatic heterocycles. The fraction of sp³-hybridized carbons (Fsp3) is 0.500. The van der Waals surface area contributed by atoms with E-state index in [0.717, 1.165) is 6.26 Å².